The van der Waals surface area contributed by atoms with Gasteiger partial charge in [0.05, 0.1) is 17.2 Å². The number of aromatic nitrogens is 1. The number of rotatable bonds is 3. The summed E-state index contributed by atoms with van der Waals surface area (Å²) in [5, 5.41) is 3.42. The zero-order valence-electron chi connectivity index (χ0n) is 9.42. The molecule has 15 heavy (non-hydrogen) atoms. The lowest BCUT2D eigenvalue weighted by molar-refractivity contribution is 0.596. The molecule has 0 bridgehead atoms. The van der Waals surface area contributed by atoms with E-state index in [0.29, 0.717) is 6.04 Å². The molecule has 1 atom stereocenters. The van der Waals surface area contributed by atoms with Crippen molar-refractivity contribution in [3.05, 3.63) is 27.7 Å². The van der Waals surface area contributed by atoms with Gasteiger partial charge in [-0.2, -0.15) is 0 Å². The monoisotopic (exact) mass is 222 g/mol. The molecule has 1 N–H and O–H groups in total. The average molecular weight is 222 g/mol. The number of nitrogens with zero attached hydrogens (tertiary/aromatic N) is 1. The highest BCUT2D eigenvalue weighted by molar-refractivity contribution is 7.09. The van der Waals surface area contributed by atoms with Crippen LogP contribution in [0.25, 0.3) is 0 Å². The minimum atomic E-state index is 0.401. The van der Waals surface area contributed by atoms with Gasteiger partial charge in [0.2, 0.25) is 0 Å². The number of aryl methyl sites for hydroxylation is 1. The Labute approximate surface area is 95.4 Å². The molecule has 1 heterocycles. The van der Waals surface area contributed by atoms with Gasteiger partial charge in [-0.3, -0.25) is 0 Å². The predicted molar refractivity (Wildman–Crippen MR) is 65.2 cm³/mol. The molecule has 0 saturated carbocycles. The number of likely N-dealkylation sites (N-methyl/N-ethyl adjacent to an activating group) is 1. The van der Waals surface area contributed by atoms with Crippen LogP contribution < -0.4 is 5.32 Å². The fourth-order valence-electron chi connectivity index (χ4n) is 2.20. The molecule has 82 valence electrons. The molecule has 0 fully saturated rings. The number of hydrogen-bond acceptors (Lipinski definition) is 3. The Morgan fingerprint density at radius 1 is 1.47 bits per heavy atom. The third-order valence-electron chi connectivity index (χ3n) is 3.03. The van der Waals surface area contributed by atoms with Crippen LogP contribution in [0.1, 0.15) is 42.3 Å². The molecule has 0 amide bonds. The van der Waals surface area contributed by atoms with Crippen LogP contribution in [-0.4, -0.2) is 12.0 Å². The smallest absolute Gasteiger partial charge is 0.0798 e. The Morgan fingerprint density at radius 2 is 2.33 bits per heavy atom. The molecular formula is C12H18N2S. The largest absolute Gasteiger partial charge is 0.309 e. The first kappa shape index (κ1) is 10.8. The van der Waals surface area contributed by atoms with Crippen LogP contribution in [0, 0.1) is 6.92 Å². The minimum Gasteiger partial charge on any atom is -0.309 e. The van der Waals surface area contributed by atoms with Crippen molar-refractivity contribution in [2.75, 3.05) is 7.05 Å². The fraction of sp³-hybridized carbons (Fsp3) is 0.583. The first-order chi connectivity index (χ1) is 7.33. The van der Waals surface area contributed by atoms with E-state index in [-0.39, 0.29) is 0 Å². The van der Waals surface area contributed by atoms with Crippen molar-refractivity contribution in [1.29, 1.82) is 0 Å². The molecule has 0 spiro atoms. The molecule has 3 heteroatoms. The molecule has 0 radical (unpaired) electrons. The summed E-state index contributed by atoms with van der Waals surface area (Å²) in [5.74, 6) is 0. The van der Waals surface area contributed by atoms with Crippen LogP contribution in [0.15, 0.2) is 17.2 Å². The normalized spacial score (nSPS) is 18.7. The molecule has 0 saturated heterocycles. The van der Waals surface area contributed by atoms with Crippen molar-refractivity contribution >= 4 is 11.3 Å². The summed E-state index contributed by atoms with van der Waals surface area (Å²) in [6, 6.07) is 0.401. The maximum Gasteiger partial charge on any atom is 0.0798 e. The minimum absolute atomic E-state index is 0.401. The van der Waals surface area contributed by atoms with Crippen molar-refractivity contribution in [1.82, 2.24) is 10.3 Å². The molecule has 1 unspecified atom stereocenters. The predicted octanol–water partition coefficient (Wildman–Crippen LogP) is 3.21. The lowest BCUT2D eigenvalue weighted by atomic mass is 9.93. The SMILES string of the molecule is CNC(C1=CCCCC1)c1scnc1C. The van der Waals surface area contributed by atoms with E-state index < -0.39 is 0 Å². The highest BCUT2D eigenvalue weighted by Crippen LogP contribution is 2.32. The molecular weight excluding hydrogens is 204 g/mol. The van der Waals surface area contributed by atoms with Crippen LogP contribution in [0.3, 0.4) is 0 Å². The fourth-order valence-corrected chi connectivity index (χ4v) is 3.15. The first-order valence-corrected chi connectivity index (χ1v) is 6.47. The van der Waals surface area contributed by atoms with E-state index in [2.05, 4.69) is 23.3 Å². The van der Waals surface area contributed by atoms with E-state index in [1.807, 2.05) is 12.6 Å². The quantitative estimate of drug-likeness (QED) is 0.794. The van der Waals surface area contributed by atoms with Crippen molar-refractivity contribution < 1.29 is 0 Å². The number of thiazole rings is 1. The summed E-state index contributed by atoms with van der Waals surface area (Å²) < 4.78 is 0. The highest BCUT2D eigenvalue weighted by atomic mass is 32.1. The molecule has 1 aromatic rings. The van der Waals surface area contributed by atoms with E-state index in [1.54, 1.807) is 16.9 Å². The second kappa shape index (κ2) is 4.90. The van der Waals surface area contributed by atoms with Gasteiger partial charge in [0.25, 0.3) is 0 Å². The summed E-state index contributed by atoms with van der Waals surface area (Å²) in [5.41, 5.74) is 4.67. The van der Waals surface area contributed by atoms with E-state index in [1.165, 1.54) is 36.3 Å². The lowest BCUT2D eigenvalue weighted by Gasteiger charge is -2.22. The molecule has 0 aliphatic heterocycles. The van der Waals surface area contributed by atoms with Crippen LogP contribution in [0.2, 0.25) is 0 Å². The van der Waals surface area contributed by atoms with Crippen LogP contribution in [0.5, 0.6) is 0 Å². The Balaban J connectivity index is 2.24. The third kappa shape index (κ3) is 2.29. The Hall–Kier alpha value is -0.670. The number of allylic oxidation sites excluding steroid dienone is 1. The van der Waals surface area contributed by atoms with Gasteiger partial charge in [0.1, 0.15) is 0 Å². The van der Waals surface area contributed by atoms with Gasteiger partial charge in [-0.05, 0) is 39.7 Å². The van der Waals surface area contributed by atoms with Crippen molar-refractivity contribution in [3.63, 3.8) is 0 Å². The van der Waals surface area contributed by atoms with E-state index in [4.69, 9.17) is 0 Å². The van der Waals surface area contributed by atoms with Gasteiger partial charge in [-0.25, -0.2) is 4.98 Å². The van der Waals surface area contributed by atoms with Crippen LogP contribution in [0.4, 0.5) is 0 Å². The highest BCUT2D eigenvalue weighted by Gasteiger charge is 2.19. The summed E-state index contributed by atoms with van der Waals surface area (Å²) >= 11 is 1.76. The molecule has 2 rings (SSSR count). The topological polar surface area (TPSA) is 24.9 Å². The molecule has 1 aromatic heterocycles. The zero-order valence-corrected chi connectivity index (χ0v) is 10.2. The maximum atomic E-state index is 4.33. The maximum absolute atomic E-state index is 4.33. The molecule has 1 aliphatic rings. The van der Waals surface area contributed by atoms with Gasteiger partial charge in [-0.1, -0.05) is 11.6 Å². The molecule has 0 aromatic carbocycles. The molecule has 1 aliphatic carbocycles. The van der Waals surface area contributed by atoms with Gasteiger partial charge in [0, 0.05) is 4.88 Å². The number of nitrogens with one attached hydrogen (secondary N) is 1. The Kier molecular flexibility index (Phi) is 3.54. The van der Waals surface area contributed by atoms with Gasteiger partial charge in [0.15, 0.2) is 0 Å². The standard InChI is InChI=1S/C12H18N2S/c1-9-12(15-8-14-9)11(13-2)10-6-4-3-5-7-10/h6,8,11,13H,3-5,7H2,1-2H3. The number of hydrogen-bond donors (Lipinski definition) is 1. The first-order valence-electron chi connectivity index (χ1n) is 5.59. The van der Waals surface area contributed by atoms with Gasteiger partial charge >= 0.3 is 0 Å². The Morgan fingerprint density at radius 3 is 2.87 bits per heavy atom. The Bertz CT molecular complexity index is 354. The summed E-state index contributed by atoms with van der Waals surface area (Å²) in [6.07, 6.45) is 7.57. The summed E-state index contributed by atoms with van der Waals surface area (Å²) in [4.78, 5) is 5.71. The second-order valence-corrected chi connectivity index (χ2v) is 4.93. The average Bonchev–Trinajstić information content (AvgIpc) is 2.68. The molecule has 2 nitrogen and oxygen atoms in total. The van der Waals surface area contributed by atoms with Crippen molar-refractivity contribution in [2.45, 2.75) is 38.6 Å². The lowest BCUT2D eigenvalue weighted by Crippen LogP contribution is -2.19. The van der Waals surface area contributed by atoms with Gasteiger partial charge < -0.3 is 5.32 Å². The zero-order chi connectivity index (χ0) is 10.7. The second-order valence-electron chi connectivity index (χ2n) is 4.05. The third-order valence-corrected chi connectivity index (χ3v) is 4.03. The van der Waals surface area contributed by atoms with Crippen molar-refractivity contribution in [2.24, 2.45) is 0 Å². The van der Waals surface area contributed by atoms with Crippen molar-refractivity contribution in [3.8, 4) is 0 Å². The summed E-state index contributed by atoms with van der Waals surface area (Å²) in [6.45, 7) is 2.10. The van der Waals surface area contributed by atoms with E-state index >= 15 is 0 Å². The van der Waals surface area contributed by atoms with E-state index in [0.717, 1.165) is 0 Å². The summed E-state index contributed by atoms with van der Waals surface area (Å²) in [7, 11) is 2.04. The van der Waals surface area contributed by atoms with Gasteiger partial charge in [-0.15, -0.1) is 11.3 Å². The van der Waals surface area contributed by atoms with E-state index in [9.17, 15) is 0 Å². The van der Waals surface area contributed by atoms with Crippen LogP contribution in [-0.2, 0) is 0 Å². The van der Waals surface area contributed by atoms with Crippen LogP contribution >= 0.6 is 11.3 Å².